The van der Waals surface area contributed by atoms with Gasteiger partial charge in [-0.3, -0.25) is 4.79 Å². The summed E-state index contributed by atoms with van der Waals surface area (Å²) in [4.78, 5) is 11.9. The second-order valence-corrected chi connectivity index (χ2v) is 5.63. The number of carbonyl (C=O) groups excluding carboxylic acids is 1. The molecule has 4 heteroatoms. The average Bonchev–Trinajstić information content (AvgIpc) is 2.37. The van der Waals surface area contributed by atoms with Gasteiger partial charge in [0.05, 0.1) is 11.9 Å². The lowest BCUT2D eigenvalue weighted by molar-refractivity contribution is -0.121. The fraction of sp³-hybridized carbons (Fsp3) is 0.500. The number of ether oxygens (including phenoxy) is 1. The number of nitrogens with one attached hydrogen (secondary N) is 1. The third-order valence-electron chi connectivity index (χ3n) is 2.52. The molecule has 0 heterocycles. The molecule has 1 aromatic rings. The van der Waals surface area contributed by atoms with E-state index in [9.17, 15) is 4.79 Å². The molecule has 3 nitrogen and oxygen atoms in total. The van der Waals surface area contributed by atoms with Gasteiger partial charge in [-0.1, -0.05) is 30.3 Å². The highest BCUT2D eigenvalue weighted by atomic mass is 32.2. The fourth-order valence-corrected chi connectivity index (χ4v) is 2.38. The van der Waals surface area contributed by atoms with Gasteiger partial charge in [-0.05, 0) is 19.4 Å². The molecule has 18 heavy (non-hydrogen) atoms. The van der Waals surface area contributed by atoms with Crippen LogP contribution in [0.3, 0.4) is 0 Å². The van der Waals surface area contributed by atoms with Crippen LogP contribution in [-0.2, 0) is 15.3 Å². The smallest absolute Gasteiger partial charge is 0.233 e. The van der Waals surface area contributed by atoms with Crippen molar-refractivity contribution < 1.29 is 9.53 Å². The Labute approximate surface area is 113 Å². The lowest BCUT2D eigenvalue weighted by Crippen LogP contribution is -2.39. The van der Waals surface area contributed by atoms with Crippen LogP contribution in [0.4, 0.5) is 0 Å². The molecule has 0 aromatic heterocycles. The van der Waals surface area contributed by atoms with E-state index in [1.165, 1.54) is 5.56 Å². The first kappa shape index (κ1) is 15.1. The Balaban J connectivity index is 2.32. The third kappa shape index (κ3) is 5.56. The number of carbonyl (C=O) groups is 1. The molecule has 0 aliphatic rings. The second-order valence-electron chi connectivity index (χ2n) is 4.30. The van der Waals surface area contributed by atoms with E-state index in [4.69, 9.17) is 4.74 Å². The van der Waals surface area contributed by atoms with Gasteiger partial charge in [-0.25, -0.2) is 0 Å². The van der Waals surface area contributed by atoms with Crippen molar-refractivity contribution in [3.8, 4) is 0 Å². The lowest BCUT2D eigenvalue weighted by Gasteiger charge is -2.16. The normalized spacial score (nSPS) is 13.9. The molecule has 0 spiro atoms. The van der Waals surface area contributed by atoms with Crippen LogP contribution in [-0.4, -0.2) is 30.9 Å². The molecule has 0 aliphatic heterocycles. The molecular formula is C14H21NO2S. The van der Waals surface area contributed by atoms with Crippen LogP contribution in [0.25, 0.3) is 0 Å². The predicted octanol–water partition coefficient (Wildman–Crippen LogP) is 2.46. The minimum Gasteiger partial charge on any atom is -0.383 e. The fourth-order valence-electron chi connectivity index (χ4n) is 1.52. The summed E-state index contributed by atoms with van der Waals surface area (Å²) in [7, 11) is 1.64. The van der Waals surface area contributed by atoms with Crippen molar-refractivity contribution in [1.82, 2.24) is 5.32 Å². The van der Waals surface area contributed by atoms with Crippen molar-refractivity contribution in [3.63, 3.8) is 0 Å². The first-order chi connectivity index (χ1) is 8.63. The van der Waals surface area contributed by atoms with Crippen LogP contribution in [0.2, 0.25) is 0 Å². The average molecular weight is 267 g/mol. The Hall–Kier alpha value is -1.00. The monoisotopic (exact) mass is 267 g/mol. The molecule has 1 N–H and O–H groups in total. The summed E-state index contributed by atoms with van der Waals surface area (Å²) >= 11 is 1.64. The van der Waals surface area contributed by atoms with Crippen LogP contribution in [0.5, 0.6) is 0 Å². The first-order valence-corrected chi connectivity index (χ1v) is 7.13. The molecule has 0 radical (unpaired) electrons. The summed E-state index contributed by atoms with van der Waals surface area (Å²) < 4.78 is 4.99. The molecular weight excluding hydrogens is 246 g/mol. The van der Waals surface area contributed by atoms with E-state index < -0.39 is 0 Å². The van der Waals surface area contributed by atoms with E-state index in [-0.39, 0.29) is 17.2 Å². The van der Waals surface area contributed by atoms with Crippen molar-refractivity contribution in [1.29, 1.82) is 0 Å². The standard InChI is InChI=1S/C14H21NO2S/c1-11(9-17-3)15-14(16)12(2)18-10-13-7-5-4-6-8-13/h4-8,11-12H,9-10H2,1-3H3,(H,15,16)/t11-,12-/m1/s1. The molecule has 0 fully saturated rings. The summed E-state index contributed by atoms with van der Waals surface area (Å²) in [6.07, 6.45) is 0. The molecule has 0 unspecified atom stereocenters. The van der Waals surface area contributed by atoms with E-state index in [1.807, 2.05) is 32.0 Å². The summed E-state index contributed by atoms with van der Waals surface area (Å²) in [6.45, 7) is 4.42. The maximum absolute atomic E-state index is 11.9. The SMILES string of the molecule is COC[C@@H](C)NC(=O)[C@@H](C)SCc1ccccc1. The van der Waals surface area contributed by atoms with Crippen molar-refractivity contribution in [3.05, 3.63) is 35.9 Å². The molecule has 1 rings (SSSR count). The molecule has 2 atom stereocenters. The molecule has 0 saturated heterocycles. The van der Waals surface area contributed by atoms with Gasteiger partial charge in [0.15, 0.2) is 0 Å². The summed E-state index contributed by atoms with van der Waals surface area (Å²) in [5, 5.41) is 2.88. The van der Waals surface area contributed by atoms with E-state index in [0.717, 1.165) is 5.75 Å². The topological polar surface area (TPSA) is 38.3 Å². The minimum atomic E-state index is -0.0514. The minimum absolute atomic E-state index is 0.0514. The van der Waals surface area contributed by atoms with Gasteiger partial charge in [0, 0.05) is 18.9 Å². The van der Waals surface area contributed by atoms with Crippen molar-refractivity contribution in [2.45, 2.75) is 30.9 Å². The van der Waals surface area contributed by atoms with Crippen LogP contribution < -0.4 is 5.32 Å². The third-order valence-corrected chi connectivity index (χ3v) is 3.73. The van der Waals surface area contributed by atoms with Crippen molar-refractivity contribution >= 4 is 17.7 Å². The van der Waals surface area contributed by atoms with Gasteiger partial charge >= 0.3 is 0 Å². The Morgan fingerprint density at radius 2 is 2.00 bits per heavy atom. The number of amides is 1. The maximum atomic E-state index is 11.9. The predicted molar refractivity (Wildman–Crippen MR) is 76.7 cm³/mol. The maximum Gasteiger partial charge on any atom is 0.233 e. The largest absolute Gasteiger partial charge is 0.383 e. The van der Waals surface area contributed by atoms with Crippen molar-refractivity contribution in [2.24, 2.45) is 0 Å². The Bertz CT molecular complexity index is 356. The van der Waals surface area contributed by atoms with Gasteiger partial charge in [0.2, 0.25) is 5.91 Å². The Morgan fingerprint density at radius 1 is 1.33 bits per heavy atom. The molecule has 1 amide bonds. The first-order valence-electron chi connectivity index (χ1n) is 6.08. The molecule has 1 aromatic carbocycles. The number of rotatable bonds is 7. The number of hydrogen-bond acceptors (Lipinski definition) is 3. The Kier molecular flexibility index (Phi) is 6.83. The molecule has 0 saturated carbocycles. The number of thioether (sulfide) groups is 1. The second kappa shape index (κ2) is 8.16. The van der Waals surface area contributed by atoms with E-state index in [2.05, 4.69) is 17.4 Å². The Morgan fingerprint density at radius 3 is 2.61 bits per heavy atom. The van der Waals surface area contributed by atoms with Gasteiger partial charge in [0.1, 0.15) is 0 Å². The van der Waals surface area contributed by atoms with E-state index >= 15 is 0 Å². The molecule has 0 aliphatic carbocycles. The van der Waals surface area contributed by atoms with Gasteiger partial charge in [0.25, 0.3) is 0 Å². The van der Waals surface area contributed by atoms with Gasteiger partial charge < -0.3 is 10.1 Å². The zero-order valence-electron chi connectivity index (χ0n) is 11.2. The highest BCUT2D eigenvalue weighted by Crippen LogP contribution is 2.17. The van der Waals surface area contributed by atoms with Gasteiger partial charge in [-0.2, -0.15) is 0 Å². The van der Waals surface area contributed by atoms with Crippen LogP contribution in [0.1, 0.15) is 19.4 Å². The summed E-state index contributed by atoms with van der Waals surface area (Å²) in [5.74, 6) is 0.925. The zero-order valence-corrected chi connectivity index (χ0v) is 12.0. The molecule has 100 valence electrons. The number of methoxy groups -OCH3 is 1. The highest BCUT2D eigenvalue weighted by molar-refractivity contribution is 7.99. The number of hydrogen-bond donors (Lipinski definition) is 1. The highest BCUT2D eigenvalue weighted by Gasteiger charge is 2.15. The van der Waals surface area contributed by atoms with Crippen molar-refractivity contribution in [2.75, 3.05) is 13.7 Å². The van der Waals surface area contributed by atoms with Crippen LogP contribution >= 0.6 is 11.8 Å². The van der Waals surface area contributed by atoms with Crippen LogP contribution in [0.15, 0.2) is 30.3 Å². The quantitative estimate of drug-likeness (QED) is 0.824. The zero-order chi connectivity index (χ0) is 13.4. The number of benzene rings is 1. The van der Waals surface area contributed by atoms with Gasteiger partial charge in [-0.15, -0.1) is 11.8 Å². The van der Waals surface area contributed by atoms with E-state index in [0.29, 0.717) is 6.61 Å². The lowest BCUT2D eigenvalue weighted by atomic mass is 10.2. The molecule has 0 bridgehead atoms. The van der Waals surface area contributed by atoms with Crippen LogP contribution in [0, 0.1) is 0 Å². The van der Waals surface area contributed by atoms with E-state index in [1.54, 1.807) is 18.9 Å². The summed E-state index contributed by atoms with van der Waals surface area (Å²) in [6, 6.07) is 10.2. The summed E-state index contributed by atoms with van der Waals surface area (Å²) in [5.41, 5.74) is 1.24.